The first-order valence-electron chi connectivity index (χ1n) is 14.2. The van der Waals surface area contributed by atoms with Gasteiger partial charge in [-0.15, -0.1) is 10.2 Å². The Labute approximate surface area is 257 Å². The van der Waals surface area contributed by atoms with E-state index < -0.39 is 29.5 Å². The standard InChI is InChI=1S/C30H38N6O6SSi/c1-20-14-15-25(42-20)29-32-33-30(36(29)27-23(40-3)11-10-12-24(27)41-4)35(17-18-44(5,6)7)43(38,39)21(2)28(37)22-19-34-16-9-8-13-26(34)31-22/h8-16,19,21,28,37H,17-18H2,1-7H3/t21-,28-/m0/s1. The number of rotatable bonds is 12. The number of aryl methyl sites for hydroxylation is 1. The second kappa shape index (κ2) is 12.1. The van der Waals surface area contributed by atoms with E-state index in [9.17, 15) is 13.5 Å². The Morgan fingerprint density at radius 3 is 2.32 bits per heavy atom. The number of aliphatic hydroxyl groups is 1. The first-order valence-corrected chi connectivity index (χ1v) is 19.4. The van der Waals surface area contributed by atoms with Gasteiger partial charge < -0.3 is 23.4 Å². The number of imidazole rings is 1. The van der Waals surface area contributed by atoms with Gasteiger partial charge in [0.15, 0.2) is 5.76 Å². The van der Waals surface area contributed by atoms with Crippen molar-refractivity contribution >= 4 is 29.7 Å². The van der Waals surface area contributed by atoms with Gasteiger partial charge in [0.25, 0.3) is 0 Å². The van der Waals surface area contributed by atoms with Gasteiger partial charge in [-0.25, -0.2) is 17.7 Å². The third-order valence-corrected chi connectivity index (χ3v) is 11.3. The fourth-order valence-electron chi connectivity index (χ4n) is 4.89. The smallest absolute Gasteiger partial charge is 0.246 e. The topological polar surface area (TPSA) is 137 Å². The second-order valence-electron chi connectivity index (χ2n) is 11.8. The van der Waals surface area contributed by atoms with Crippen LogP contribution in [-0.4, -0.2) is 71.8 Å². The summed E-state index contributed by atoms with van der Waals surface area (Å²) < 4.78 is 51.1. The van der Waals surface area contributed by atoms with Gasteiger partial charge in [0.1, 0.15) is 39.9 Å². The van der Waals surface area contributed by atoms with Crippen molar-refractivity contribution in [3.8, 4) is 28.8 Å². The van der Waals surface area contributed by atoms with Crippen LogP contribution in [0.5, 0.6) is 11.5 Å². The first kappa shape index (κ1) is 31.3. The second-order valence-corrected chi connectivity index (χ2v) is 19.6. The highest BCUT2D eigenvalue weighted by molar-refractivity contribution is 7.93. The molecule has 4 aromatic heterocycles. The van der Waals surface area contributed by atoms with E-state index in [0.29, 0.717) is 40.4 Å². The van der Waals surface area contributed by atoms with Gasteiger partial charge in [0.05, 0.1) is 19.9 Å². The molecule has 4 heterocycles. The van der Waals surface area contributed by atoms with E-state index >= 15 is 0 Å². The van der Waals surface area contributed by atoms with Crippen LogP contribution < -0.4 is 13.8 Å². The molecular weight excluding hydrogens is 601 g/mol. The van der Waals surface area contributed by atoms with Crippen LogP contribution in [0.4, 0.5) is 5.95 Å². The number of hydrogen-bond acceptors (Lipinski definition) is 9. The maximum atomic E-state index is 14.6. The summed E-state index contributed by atoms with van der Waals surface area (Å²) in [6.07, 6.45) is 2.01. The molecule has 0 saturated carbocycles. The van der Waals surface area contributed by atoms with Crippen molar-refractivity contribution in [2.24, 2.45) is 0 Å². The largest absolute Gasteiger partial charge is 0.494 e. The van der Waals surface area contributed by atoms with Crippen LogP contribution in [-0.2, 0) is 10.0 Å². The molecule has 0 bridgehead atoms. The lowest BCUT2D eigenvalue weighted by molar-refractivity contribution is 0.171. The summed E-state index contributed by atoms with van der Waals surface area (Å²) in [5.74, 6) is 2.14. The lowest BCUT2D eigenvalue weighted by atomic mass is 10.2. The number of ether oxygens (including phenoxy) is 2. The predicted molar refractivity (Wildman–Crippen MR) is 171 cm³/mol. The summed E-state index contributed by atoms with van der Waals surface area (Å²) in [7, 11) is -3.01. The van der Waals surface area contributed by atoms with E-state index in [4.69, 9.17) is 13.9 Å². The number of nitrogens with zero attached hydrogens (tertiary/aromatic N) is 6. The van der Waals surface area contributed by atoms with Crippen molar-refractivity contribution in [3.63, 3.8) is 0 Å². The first-order chi connectivity index (χ1) is 20.9. The van der Waals surface area contributed by atoms with Crippen molar-refractivity contribution in [3.05, 3.63) is 72.4 Å². The summed E-state index contributed by atoms with van der Waals surface area (Å²) in [4.78, 5) is 4.48. The molecule has 1 aromatic carbocycles. The molecule has 2 atom stereocenters. The molecule has 0 radical (unpaired) electrons. The highest BCUT2D eigenvalue weighted by Crippen LogP contribution is 2.40. The van der Waals surface area contributed by atoms with Gasteiger partial charge in [0.2, 0.25) is 21.8 Å². The van der Waals surface area contributed by atoms with Gasteiger partial charge in [-0.1, -0.05) is 31.8 Å². The van der Waals surface area contributed by atoms with E-state index in [1.807, 2.05) is 19.1 Å². The van der Waals surface area contributed by atoms with Crippen LogP contribution in [0.25, 0.3) is 22.9 Å². The summed E-state index contributed by atoms with van der Waals surface area (Å²) in [6, 6.07) is 14.9. The molecule has 14 heteroatoms. The molecule has 44 heavy (non-hydrogen) atoms. The van der Waals surface area contributed by atoms with Gasteiger partial charge in [-0.05, 0) is 56.3 Å². The molecule has 0 spiro atoms. The van der Waals surface area contributed by atoms with Crippen molar-refractivity contribution in [2.45, 2.75) is 50.9 Å². The minimum atomic E-state index is -4.27. The molecular formula is C30H38N6O6SSi. The van der Waals surface area contributed by atoms with Crippen LogP contribution in [0.3, 0.4) is 0 Å². The molecule has 5 rings (SSSR count). The molecule has 0 fully saturated rings. The van der Waals surface area contributed by atoms with Crippen LogP contribution >= 0.6 is 0 Å². The Morgan fingerprint density at radius 1 is 1.02 bits per heavy atom. The summed E-state index contributed by atoms with van der Waals surface area (Å²) in [6.45, 7) is 9.90. The summed E-state index contributed by atoms with van der Waals surface area (Å²) >= 11 is 0. The molecule has 0 aliphatic rings. The van der Waals surface area contributed by atoms with Crippen LogP contribution in [0, 0.1) is 6.92 Å². The highest BCUT2D eigenvalue weighted by atomic mass is 32.2. The molecule has 12 nitrogen and oxygen atoms in total. The van der Waals surface area contributed by atoms with Crippen molar-refractivity contribution in [1.29, 1.82) is 0 Å². The lowest BCUT2D eigenvalue weighted by Gasteiger charge is -2.30. The molecule has 1 N–H and O–H groups in total. The van der Waals surface area contributed by atoms with E-state index in [0.717, 1.165) is 0 Å². The average Bonchev–Trinajstić information content (AvgIpc) is 3.73. The van der Waals surface area contributed by atoms with E-state index in [1.165, 1.54) is 25.4 Å². The van der Waals surface area contributed by atoms with Gasteiger partial charge in [-0.3, -0.25) is 4.57 Å². The lowest BCUT2D eigenvalue weighted by Crippen LogP contribution is -2.44. The zero-order valence-corrected chi connectivity index (χ0v) is 27.7. The van der Waals surface area contributed by atoms with Gasteiger partial charge in [-0.2, -0.15) is 0 Å². The number of aromatic nitrogens is 5. The Hall–Kier alpha value is -4.14. The zero-order chi connectivity index (χ0) is 31.8. The van der Waals surface area contributed by atoms with Gasteiger partial charge >= 0.3 is 0 Å². The fourth-order valence-corrected chi connectivity index (χ4v) is 7.50. The van der Waals surface area contributed by atoms with Crippen LogP contribution in [0.2, 0.25) is 25.7 Å². The molecule has 0 amide bonds. The number of sulfonamides is 1. The molecule has 5 aromatic rings. The average molecular weight is 639 g/mol. The van der Waals surface area contributed by atoms with Gasteiger partial charge in [0, 0.05) is 27.0 Å². The number of fused-ring (bicyclic) bond motifs is 1. The summed E-state index contributed by atoms with van der Waals surface area (Å²) in [5, 5.41) is 19.0. The molecule has 0 saturated heterocycles. The van der Waals surface area contributed by atoms with Crippen LogP contribution in [0.1, 0.15) is 24.5 Å². The quantitative estimate of drug-likeness (QED) is 0.185. The van der Waals surface area contributed by atoms with Crippen molar-refractivity contribution in [1.82, 2.24) is 24.1 Å². The Kier molecular flexibility index (Phi) is 8.60. The van der Waals surface area contributed by atoms with E-state index in [2.05, 4.69) is 34.8 Å². The maximum Gasteiger partial charge on any atom is 0.246 e. The monoisotopic (exact) mass is 638 g/mol. The third kappa shape index (κ3) is 5.96. The number of furan rings is 1. The molecule has 0 aliphatic heterocycles. The number of methoxy groups -OCH3 is 2. The molecule has 0 unspecified atom stereocenters. The normalized spacial score (nSPS) is 13.6. The summed E-state index contributed by atoms with van der Waals surface area (Å²) in [5.41, 5.74) is 1.25. The number of benzene rings is 1. The Morgan fingerprint density at radius 2 is 1.73 bits per heavy atom. The minimum Gasteiger partial charge on any atom is -0.494 e. The number of para-hydroxylation sites is 1. The number of anilines is 1. The minimum absolute atomic E-state index is 0.0177. The number of hydrogen-bond donors (Lipinski definition) is 1. The third-order valence-electron chi connectivity index (χ3n) is 7.43. The Balaban J connectivity index is 1.70. The zero-order valence-electron chi connectivity index (χ0n) is 25.9. The molecule has 0 aliphatic carbocycles. The maximum absolute atomic E-state index is 14.6. The Bertz CT molecular complexity index is 1820. The fraction of sp³-hybridized carbons (Fsp3) is 0.367. The van der Waals surface area contributed by atoms with E-state index in [1.54, 1.807) is 57.8 Å². The number of pyridine rings is 1. The highest BCUT2D eigenvalue weighted by Gasteiger charge is 2.40. The van der Waals surface area contributed by atoms with Crippen molar-refractivity contribution in [2.75, 3.05) is 25.1 Å². The predicted octanol–water partition coefficient (Wildman–Crippen LogP) is 5.10. The van der Waals surface area contributed by atoms with E-state index in [-0.39, 0.29) is 24.0 Å². The SMILES string of the molecule is COc1cccc(OC)c1-n1c(-c2ccc(C)o2)nnc1N(CC[Si](C)(C)C)S(=O)(=O)[C@@H](C)[C@H](O)c1cn2ccccc2n1. The van der Waals surface area contributed by atoms with Crippen LogP contribution in [0.15, 0.2) is 65.3 Å². The molecule has 234 valence electrons. The van der Waals surface area contributed by atoms with Crippen molar-refractivity contribution < 1.29 is 27.4 Å². The number of aliphatic hydroxyl groups excluding tert-OH is 1.